The lowest BCUT2D eigenvalue weighted by Gasteiger charge is -2.18. The Balaban J connectivity index is 1.97. The first-order valence-corrected chi connectivity index (χ1v) is 7.96. The molecule has 1 amide bonds. The molecule has 1 atom stereocenters. The van der Waals surface area contributed by atoms with Crippen LogP contribution in [-0.4, -0.2) is 32.4 Å². The topological polar surface area (TPSA) is 72.7 Å². The first-order valence-electron chi connectivity index (χ1n) is 7.96. The van der Waals surface area contributed by atoms with Crippen molar-refractivity contribution in [3.63, 3.8) is 0 Å². The number of pyridine rings is 1. The Morgan fingerprint density at radius 2 is 2.17 bits per heavy atom. The molecule has 2 aromatic rings. The van der Waals surface area contributed by atoms with E-state index in [4.69, 9.17) is 0 Å². The van der Waals surface area contributed by atoms with Crippen LogP contribution in [0.3, 0.4) is 0 Å². The lowest BCUT2D eigenvalue weighted by molar-refractivity contribution is 0.0947. The Kier molecular flexibility index (Phi) is 5.13. The highest BCUT2D eigenvalue weighted by Gasteiger charge is 2.22. The Morgan fingerprint density at radius 3 is 2.83 bits per heavy atom. The fraction of sp³-hybridized carbons (Fsp3) is 0.529. The molecule has 124 valence electrons. The summed E-state index contributed by atoms with van der Waals surface area (Å²) in [6.07, 6.45) is 4.61. The van der Waals surface area contributed by atoms with Gasteiger partial charge >= 0.3 is 0 Å². The lowest BCUT2D eigenvalue weighted by Crippen LogP contribution is -2.30. The predicted octanol–water partition coefficient (Wildman–Crippen LogP) is 2.66. The van der Waals surface area contributed by atoms with E-state index in [0.717, 1.165) is 17.8 Å². The number of carbonyl (C=O) groups excluding carboxylic acids is 1. The fourth-order valence-electron chi connectivity index (χ4n) is 2.11. The van der Waals surface area contributed by atoms with Crippen molar-refractivity contribution in [3.8, 4) is 0 Å². The molecule has 2 heterocycles. The summed E-state index contributed by atoms with van der Waals surface area (Å²) in [4.78, 5) is 16.3. The average Bonchev–Trinajstić information content (AvgIpc) is 3.03. The number of carbonyl (C=O) groups is 1. The Labute approximate surface area is 137 Å². The summed E-state index contributed by atoms with van der Waals surface area (Å²) in [5.74, 6) is -0.100. The molecule has 0 fully saturated rings. The first kappa shape index (κ1) is 17.1. The van der Waals surface area contributed by atoms with E-state index in [-0.39, 0.29) is 17.4 Å². The van der Waals surface area contributed by atoms with Gasteiger partial charge in [-0.3, -0.25) is 9.78 Å². The quantitative estimate of drug-likeness (QED) is 0.889. The van der Waals surface area contributed by atoms with E-state index >= 15 is 0 Å². The van der Waals surface area contributed by atoms with Crippen LogP contribution in [0.25, 0.3) is 0 Å². The molecule has 6 nitrogen and oxygen atoms in total. The summed E-state index contributed by atoms with van der Waals surface area (Å²) in [6.45, 7) is 10.8. The molecule has 1 unspecified atom stereocenters. The van der Waals surface area contributed by atoms with Crippen molar-refractivity contribution >= 4 is 5.91 Å². The van der Waals surface area contributed by atoms with E-state index in [1.807, 2.05) is 24.7 Å². The average molecular weight is 315 g/mol. The molecule has 0 spiro atoms. The standard InChI is InChI=1S/C17H25N5O/c1-6-17(4,5)15-11-22(21-20-15)13(3)10-19-16(23)14-7-8-18-12(2)9-14/h7-9,11,13H,6,10H2,1-5H3,(H,19,23). The number of hydrogen-bond acceptors (Lipinski definition) is 4. The van der Waals surface area contributed by atoms with Crippen LogP contribution in [0.5, 0.6) is 0 Å². The number of nitrogens with zero attached hydrogens (tertiary/aromatic N) is 4. The maximum atomic E-state index is 12.2. The highest BCUT2D eigenvalue weighted by molar-refractivity contribution is 5.94. The molecule has 0 aromatic carbocycles. The highest BCUT2D eigenvalue weighted by atomic mass is 16.1. The Morgan fingerprint density at radius 1 is 1.43 bits per heavy atom. The van der Waals surface area contributed by atoms with E-state index < -0.39 is 0 Å². The van der Waals surface area contributed by atoms with Crippen molar-refractivity contribution in [2.24, 2.45) is 0 Å². The molecule has 1 N–H and O–H groups in total. The molecule has 0 aliphatic rings. The van der Waals surface area contributed by atoms with Crippen molar-refractivity contribution in [2.45, 2.75) is 52.5 Å². The van der Waals surface area contributed by atoms with Crippen LogP contribution in [0.2, 0.25) is 0 Å². The van der Waals surface area contributed by atoms with Gasteiger partial charge in [0.05, 0.1) is 11.7 Å². The second kappa shape index (κ2) is 6.89. The summed E-state index contributed by atoms with van der Waals surface area (Å²) >= 11 is 0. The van der Waals surface area contributed by atoms with Crippen LogP contribution in [0.4, 0.5) is 0 Å². The molecule has 0 aliphatic carbocycles. The van der Waals surface area contributed by atoms with Crippen LogP contribution in [0, 0.1) is 6.92 Å². The SMILES string of the molecule is CCC(C)(C)c1cn(C(C)CNC(=O)c2ccnc(C)c2)nn1. The summed E-state index contributed by atoms with van der Waals surface area (Å²) < 4.78 is 1.81. The zero-order chi connectivity index (χ0) is 17.0. The minimum absolute atomic E-state index is 0.00971. The monoisotopic (exact) mass is 315 g/mol. The van der Waals surface area contributed by atoms with Gasteiger partial charge in [0.2, 0.25) is 0 Å². The summed E-state index contributed by atoms with van der Waals surface area (Å²) in [7, 11) is 0. The normalized spacial score (nSPS) is 12.9. The van der Waals surface area contributed by atoms with E-state index in [1.165, 1.54) is 0 Å². The molecule has 2 aromatic heterocycles. The third-order valence-electron chi connectivity index (χ3n) is 4.26. The minimum Gasteiger partial charge on any atom is -0.350 e. The van der Waals surface area contributed by atoms with Gasteiger partial charge in [0.15, 0.2) is 0 Å². The number of amides is 1. The van der Waals surface area contributed by atoms with Gasteiger partial charge in [-0.1, -0.05) is 26.0 Å². The molecule has 2 rings (SSSR count). The fourth-order valence-corrected chi connectivity index (χ4v) is 2.11. The summed E-state index contributed by atoms with van der Waals surface area (Å²) in [6, 6.07) is 3.53. The van der Waals surface area contributed by atoms with Gasteiger partial charge < -0.3 is 5.32 Å². The number of aryl methyl sites for hydroxylation is 1. The molecule has 23 heavy (non-hydrogen) atoms. The number of nitrogens with one attached hydrogen (secondary N) is 1. The molecular weight excluding hydrogens is 290 g/mol. The first-order chi connectivity index (χ1) is 10.8. The maximum absolute atomic E-state index is 12.2. The number of hydrogen-bond donors (Lipinski definition) is 1. The van der Waals surface area contributed by atoms with Crippen molar-refractivity contribution in [1.29, 1.82) is 0 Å². The summed E-state index contributed by atoms with van der Waals surface area (Å²) in [5, 5.41) is 11.4. The van der Waals surface area contributed by atoms with Crippen molar-refractivity contribution in [1.82, 2.24) is 25.3 Å². The van der Waals surface area contributed by atoms with Crippen LogP contribution < -0.4 is 5.32 Å². The van der Waals surface area contributed by atoms with Gasteiger partial charge in [-0.2, -0.15) is 0 Å². The predicted molar refractivity (Wildman–Crippen MR) is 89.4 cm³/mol. The molecule has 6 heteroatoms. The van der Waals surface area contributed by atoms with E-state index in [0.29, 0.717) is 12.1 Å². The Hall–Kier alpha value is -2.24. The molecule has 0 saturated heterocycles. The van der Waals surface area contributed by atoms with Crippen LogP contribution in [0.15, 0.2) is 24.5 Å². The van der Waals surface area contributed by atoms with Crippen molar-refractivity contribution < 1.29 is 4.79 Å². The van der Waals surface area contributed by atoms with Crippen molar-refractivity contribution in [3.05, 3.63) is 41.5 Å². The van der Waals surface area contributed by atoms with Crippen LogP contribution in [0.1, 0.15) is 61.9 Å². The van der Waals surface area contributed by atoms with Gasteiger partial charge in [-0.25, -0.2) is 4.68 Å². The van der Waals surface area contributed by atoms with E-state index in [2.05, 4.69) is 41.4 Å². The zero-order valence-corrected chi connectivity index (χ0v) is 14.5. The zero-order valence-electron chi connectivity index (χ0n) is 14.5. The number of aromatic nitrogens is 4. The smallest absolute Gasteiger partial charge is 0.251 e. The maximum Gasteiger partial charge on any atom is 0.251 e. The van der Waals surface area contributed by atoms with Gasteiger partial charge in [0, 0.05) is 35.6 Å². The van der Waals surface area contributed by atoms with Gasteiger partial charge in [-0.05, 0) is 32.4 Å². The van der Waals surface area contributed by atoms with Gasteiger partial charge in [-0.15, -0.1) is 5.10 Å². The molecule has 0 bridgehead atoms. The third-order valence-corrected chi connectivity index (χ3v) is 4.26. The van der Waals surface area contributed by atoms with Gasteiger partial charge in [0.25, 0.3) is 5.91 Å². The Bertz CT molecular complexity index is 677. The second-order valence-corrected chi connectivity index (χ2v) is 6.57. The van der Waals surface area contributed by atoms with Crippen LogP contribution >= 0.6 is 0 Å². The number of rotatable bonds is 6. The molecule has 0 saturated carbocycles. The highest BCUT2D eigenvalue weighted by Crippen LogP contribution is 2.24. The minimum atomic E-state index is -0.100. The van der Waals surface area contributed by atoms with Crippen LogP contribution in [-0.2, 0) is 5.41 Å². The summed E-state index contributed by atoms with van der Waals surface area (Å²) in [5.41, 5.74) is 2.43. The molecule has 0 aliphatic heterocycles. The van der Waals surface area contributed by atoms with E-state index in [9.17, 15) is 4.79 Å². The molecule has 0 radical (unpaired) electrons. The lowest BCUT2D eigenvalue weighted by atomic mass is 9.87. The molecular formula is C17H25N5O. The van der Waals surface area contributed by atoms with Crippen molar-refractivity contribution in [2.75, 3.05) is 6.54 Å². The van der Waals surface area contributed by atoms with Gasteiger partial charge in [0.1, 0.15) is 0 Å². The van der Waals surface area contributed by atoms with E-state index in [1.54, 1.807) is 18.3 Å². The largest absolute Gasteiger partial charge is 0.350 e. The third kappa shape index (κ3) is 4.15. The second-order valence-electron chi connectivity index (χ2n) is 6.57.